The largest absolute Gasteiger partial charge is 0.444 e. The third-order valence-corrected chi connectivity index (χ3v) is 1.91. The third kappa shape index (κ3) is 6.24. The number of hydrogen-bond donors (Lipinski definition) is 2. The minimum atomic E-state index is -0.492. The zero-order valence-corrected chi connectivity index (χ0v) is 11.4. The maximum absolute atomic E-state index is 11.3. The van der Waals surface area contributed by atoms with E-state index in [4.69, 9.17) is 16.3 Å². The molecule has 0 radical (unpaired) electrons. The van der Waals surface area contributed by atoms with Crippen molar-refractivity contribution in [3.8, 4) is 0 Å². The Hall–Kier alpha value is -1.56. The van der Waals surface area contributed by atoms with Gasteiger partial charge in [0.15, 0.2) is 0 Å². The summed E-state index contributed by atoms with van der Waals surface area (Å²) in [6.45, 7) is 6.32. The summed E-state index contributed by atoms with van der Waals surface area (Å²) in [5.74, 6) is 0.425. The number of nitrogens with zero attached hydrogens (tertiary/aromatic N) is 2. The molecule has 0 atom stereocenters. The molecule has 1 heterocycles. The highest BCUT2D eigenvalue weighted by Gasteiger charge is 2.15. The Bertz CT molecular complexity index is 406. The first-order valence-electron chi connectivity index (χ1n) is 5.56. The normalized spacial score (nSPS) is 10.9. The van der Waals surface area contributed by atoms with Crippen molar-refractivity contribution in [2.45, 2.75) is 26.4 Å². The van der Waals surface area contributed by atoms with Crippen molar-refractivity contribution < 1.29 is 9.53 Å². The highest BCUT2D eigenvalue weighted by molar-refractivity contribution is 6.29. The number of hydrogen-bond acceptors (Lipinski definition) is 5. The molecule has 100 valence electrons. The lowest BCUT2D eigenvalue weighted by Crippen LogP contribution is -2.35. The van der Waals surface area contributed by atoms with Gasteiger partial charge in [-0.15, -0.1) is 0 Å². The predicted molar refractivity (Wildman–Crippen MR) is 69.8 cm³/mol. The SMILES string of the molecule is CC(C)(C)OC(=O)NCCNc1nccc(Cl)n1. The minimum absolute atomic E-state index is 0.368. The number of nitrogens with one attached hydrogen (secondary N) is 2. The summed E-state index contributed by atoms with van der Waals surface area (Å²) in [6.07, 6.45) is 1.11. The van der Waals surface area contributed by atoms with Crippen LogP contribution in [0.3, 0.4) is 0 Å². The van der Waals surface area contributed by atoms with Crippen LogP contribution in [0.2, 0.25) is 5.15 Å². The fourth-order valence-electron chi connectivity index (χ4n) is 1.07. The Kier molecular flexibility index (Phi) is 5.15. The van der Waals surface area contributed by atoms with E-state index in [-0.39, 0.29) is 0 Å². The van der Waals surface area contributed by atoms with Crippen molar-refractivity contribution in [1.29, 1.82) is 0 Å². The molecule has 0 unspecified atom stereocenters. The maximum Gasteiger partial charge on any atom is 0.407 e. The lowest BCUT2D eigenvalue weighted by molar-refractivity contribution is 0.0530. The summed E-state index contributed by atoms with van der Waals surface area (Å²) >= 11 is 5.70. The van der Waals surface area contributed by atoms with Crippen LogP contribution in [-0.4, -0.2) is 34.8 Å². The van der Waals surface area contributed by atoms with Crippen molar-refractivity contribution in [1.82, 2.24) is 15.3 Å². The van der Waals surface area contributed by atoms with E-state index >= 15 is 0 Å². The van der Waals surface area contributed by atoms with Gasteiger partial charge in [-0.25, -0.2) is 14.8 Å². The van der Waals surface area contributed by atoms with Crippen molar-refractivity contribution in [3.63, 3.8) is 0 Å². The summed E-state index contributed by atoms with van der Waals surface area (Å²) in [7, 11) is 0. The Morgan fingerprint density at radius 2 is 2.17 bits per heavy atom. The number of ether oxygens (including phenoxy) is 1. The highest BCUT2D eigenvalue weighted by atomic mass is 35.5. The predicted octanol–water partition coefficient (Wildman–Crippen LogP) is 2.07. The Labute approximate surface area is 111 Å². The minimum Gasteiger partial charge on any atom is -0.444 e. The molecular formula is C11H17ClN4O2. The number of rotatable bonds is 4. The average Bonchev–Trinajstić information content (AvgIpc) is 2.22. The van der Waals surface area contributed by atoms with E-state index in [2.05, 4.69) is 20.6 Å². The topological polar surface area (TPSA) is 76.1 Å². The van der Waals surface area contributed by atoms with Crippen LogP contribution < -0.4 is 10.6 Å². The summed E-state index contributed by atoms with van der Waals surface area (Å²) in [5.41, 5.74) is -0.492. The molecule has 7 heteroatoms. The Morgan fingerprint density at radius 1 is 1.44 bits per heavy atom. The number of alkyl carbamates (subject to hydrolysis) is 1. The van der Waals surface area contributed by atoms with Gasteiger partial charge in [-0.1, -0.05) is 11.6 Å². The van der Waals surface area contributed by atoms with Crippen LogP contribution in [0.1, 0.15) is 20.8 Å². The van der Waals surface area contributed by atoms with Gasteiger partial charge in [0.1, 0.15) is 10.8 Å². The fraction of sp³-hybridized carbons (Fsp3) is 0.545. The van der Waals surface area contributed by atoms with E-state index in [0.717, 1.165) is 0 Å². The van der Waals surface area contributed by atoms with Crippen LogP contribution in [0.5, 0.6) is 0 Å². The van der Waals surface area contributed by atoms with Crippen LogP contribution in [0, 0.1) is 0 Å². The molecule has 0 spiro atoms. The molecule has 0 aliphatic heterocycles. The van der Waals surface area contributed by atoms with Crippen LogP contribution in [0.15, 0.2) is 12.3 Å². The summed E-state index contributed by atoms with van der Waals surface area (Å²) < 4.78 is 5.08. The lowest BCUT2D eigenvalue weighted by Gasteiger charge is -2.19. The molecule has 0 bridgehead atoms. The zero-order chi connectivity index (χ0) is 13.6. The van der Waals surface area contributed by atoms with E-state index in [1.165, 1.54) is 0 Å². The highest BCUT2D eigenvalue weighted by Crippen LogP contribution is 2.06. The van der Waals surface area contributed by atoms with Crippen LogP contribution >= 0.6 is 11.6 Å². The number of carbonyl (C=O) groups is 1. The molecule has 0 saturated carbocycles. The molecule has 0 aliphatic carbocycles. The van der Waals surface area contributed by atoms with E-state index in [1.807, 2.05) is 20.8 Å². The number of anilines is 1. The lowest BCUT2D eigenvalue weighted by atomic mass is 10.2. The van der Waals surface area contributed by atoms with Crippen molar-refractivity contribution in [2.75, 3.05) is 18.4 Å². The standard InChI is InChI=1S/C11H17ClN4O2/c1-11(2,3)18-10(17)15-7-6-14-9-13-5-4-8(12)16-9/h4-5H,6-7H2,1-3H3,(H,15,17)(H,13,14,16). The number of aromatic nitrogens is 2. The van der Waals surface area contributed by atoms with Gasteiger partial charge in [0.25, 0.3) is 0 Å². The second-order valence-corrected chi connectivity index (χ2v) is 4.95. The monoisotopic (exact) mass is 272 g/mol. The van der Waals surface area contributed by atoms with Gasteiger partial charge in [-0.2, -0.15) is 0 Å². The van der Waals surface area contributed by atoms with Gasteiger partial charge in [0, 0.05) is 19.3 Å². The average molecular weight is 273 g/mol. The molecular weight excluding hydrogens is 256 g/mol. The third-order valence-electron chi connectivity index (χ3n) is 1.70. The molecule has 1 aromatic heterocycles. The number of halogens is 1. The van der Waals surface area contributed by atoms with Crippen LogP contribution in [0.4, 0.5) is 10.7 Å². The van der Waals surface area contributed by atoms with Crippen LogP contribution in [0.25, 0.3) is 0 Å². The molecule has 6 nitrogen and oxygen atoms in total. The van der Waals surface area contributed by atoms with Crippen molar-refractivity contribution in [2.24, 2.45) is 0 Å². The van der Waals surface area contributed by atoms with E-state index in [9.17, 15) is 4.79 Å². The second kappa shape index (κ2) is 6.39. The maximum atomic E-state index is 11.3. The van der Waals surface area contributed by atoms with Gasteiger partial charge in [0.05, 0.1) is 0 Å². The van der Waals surface area contributed by atoms with Gasteiger partial charge in [-0.05, 0) is 26.8 Å². The molecule has 2 N–H and O–H groups in total. The van der Waals surface area contributed by atoms with Crippen LogP contribution in [-0.2, 0) is 4.74 Å². The molecule has 0 aromatic carbocycles. The Balaban J connectivity index is 2.21. The fourth-order valence-corrected chi connectivity index (χ4v) is 1.21. The van der Waals surface area contributed by atoms with Gasteiger partial charge < -0.3 is 15.4 Å². The molecule has 1 aromatic rings. The van der Waals surface area contributed by atoms with E-state index < -0.39 is 11.7 Å². The second-order valence-electron chi connectivity index (χ2n) is 4.56. The summed E-state index contributed by atoms with van der Waals surface area (Å²) in [5, 5.41) is 5.91. The van der Waals surface area contributed by atoms with E-state index in [0.29, 0.717) is 24.2 Å². The van der Waals surface area contributed by atoms with Gasteiger partial charge in [-0.3, -0.25) is 0 Å². The number of carbonyl (C=O) groups excluding carboxylic acids is 1. The quantitative estimate of drug-likeness (QED) is 0.648. The molecule has 0 fully saturated rings. The molecule has 1 rings (SSSR count). The van der Waals surface area contributed by atoms with Crippen molar-refractivity contribution in [3.05, 3.63) is 17.4 Å². The Morgan fingerprint density at radius 3 is 2.78 bits per heavy atom. The van der Waals surface area contributed by atoms with Gasteiger partial charge in [0.2, 0.25) is 5.95 Å². The summed E-state index contributed by atoms with van der Waals surface area (Å²) in [4.78, 5) is 19.2. The summed E-state index contributed by atoms with van der Waals surface area (Å²) in [6, 6.07) is 1.59. The first kappa shape index (κ1) is 14.5. The molecule has 1 amide bonds. The smallest absolute Gasteiger partial charge is 0.407 e. The number of amides is 1. The molecule has 0 aliphatic rings. The molecule has 18 heavy (non-hydrogen) atoms. The first-order valence-corrected chi connectivity index (χ1v) is 5.94. The van der Waals surface area contributed by atoms with E-state index in [1.54, 1.807) is 12.3 Å². The zero-order valence-electron chi connectivity index (χ0n) is 10.7. The molecule has 0 saturated heterocycles. The first-order chi connectivity index (χ1) is 8.37. The van der Waals surface area contributed by atoms with Gasteiger partial charge >= 0.3 is 6.09 Å². The van der Waals surface area contributed by atoms with Crippen molar-refractivity contribution >= 4 is 23.6 Å².